The summed E-state index contributed by atoms with van der Waals surface area (Å²) < 4.78 is 0. The normalized spacial score (nSPS) is 17.3. The number of carboxylic acids is 1. The molecule has 1 fully saturated rings. The lowest BCUT2D eigenvalue weighted by atomic mass is 10.0. The predicted molar refractivity (Wildman–Crippen MR) is 183 cm³/mol. The molecule has 0 aromatic heterocycles. The smallest absolute Gasteiger partial charge is 0.322 e. The number of amides is 8. The highest BCUT2D eigenvalue weighted by molar-refractivity contribution is 6.12. The van der Waals surface area contributed by atoms with Crippen LogP contribution in [0, 0.1) is 11.8 Å². The van der Waals surface area contributed by atoms with Gasteiger partial charge >= 0.3 is 5.97 Å². The number of hydrogen-bond donors (Lipinski definition) is 6. The number of unbranched alkanes of at least 4 members (excludes halogenated alkanes) is 2. The van der Waals surface area contributed by atoms with Crippen molar-refractivity contribution < 1.29 is 48.3 Å². The SMILES string of the molecule is CC(C)CC(NC(=O)CNC(=O)C(CC(C)C)NC(=O)[C@@H]1CCCN1C(=O)CCCCCN1C(=O)C=CC1=O)C(=O)NC(C)C(=O)NCC(=O)O. The van der Waals surface area contributed by atoms with Crippen LogP contribution >= 0.6 is 0 Å². The van der Waals surface area contributed by atoms with Crippen LogP contribution in [0.3, 0.4) is 0 Å². The molecule has 0 aromatic rings. The van der Waals surface area contributed by atoms with E-state index in [1.807, 2.05) is 27.7 Å². The van der Waals surface area contributed by atoms with Crippen LogP contribution in [0.4, 0.5) is 0 Å². The second kappa shape index (κ2) is 20.7. The molecule has 1 saturated heterocycles. The first-order chi connectivity index (χ1) is 24.0. The van der Waals surface area contributed by atoms with E-state index < -0.39 is 72.8 Å². The summed E-state index contributed by atoms with van der Waals surface area (Å²) in [6.07, 6.45) is 5.88. The summed E-state index contributed by atoms with van der Waals surface area (Å²) in [5.74, 6) is -5.30. The summed E-state index contributed by atoms with van der Waals surface area (Å²) in [4.78, 5) is 114. The maximum Gasteiger partial charge on any atom is 0.322 e. The Morgan fingerprint density at radius 3 is 1.94 bits per heavy atom. The third-order valence-electron chi connectivity index (χ3n) is 8.34. The van der Waals surface area contributed by atoms with Gasteiger partial charge < -0.3 is 36.6 Å². The van der Waals surface area contributed by atoms with Crippen LogP contribution in [0.2, 0.25) is 0 Å². The minimum atomic E-state index is -1.24. The van der Waals surface area contributed by atoms with Crippen molar-refractivity contribution in [3.05, 3.63) is 12.2 Å². The maximum absolute atomic E-state index is 13.4. The molecule has 17 nitrogen and oxygen atoms in total. The molecule has 0 spiro atoms. The van der Waals surface area contributed by atoms with Gasteiger partial charge in [0.15, 0.2) is 0 Å². The number of nitrogens with one attached hydrogen (secondary N) is 5. The van der Waals surface area contributed by atoms with E-state index in [-0.39, 0.29) is 55.4 Å². The molecular formula is C34H53N7O10. The van der Waals surface area contributed by atoms with Gasteiger partial charge in [0, 0.05) is 31.7 Å². The second-order valence-corrected chi connectivity index (χ2v) is 13.7. The van der Waals surface area contributed by atoms with Crippen LogP contribution in [0.1, 0.15) is 86.0 Å². The Balaban J connectivity index is 1.90. The van der Waals surface area contributed by atoms with Crippen molar-refractivity contribution in [2.75, 3.05) is 26.2 Å². The van der Waals surface area contributed by atoms with Crippen LogP contribution in [-0.2, 0) is 43.2 Å². The van der Waals surface area contributed by atoms with E-state index in [1.165, 1.54) is 24.0 Å². The standard InChI is InChI=1S/C34H53N7O10/c1-20(2)16-23(32(49)35-18-26(42)38-24(17-21(3)4)33(50)37-22(5)31(48)36-19-30(46)47)39-34(51)25-10-9-15-40(25)27(43)11-7-6-8-14-41-28(44)12-13-29(41)45/h12-13,20-25H,6-11,14-19H2,1-5H3,(H,35,49)(H,36,48)(H,37,50)(H,38,42)(H,39,51)(H,46,47)/t22?,23?,24?,25-/m0/s1. The first-order valence-electron chi connectivity index (χ1n) is 17.5. The van der Waals surface area contributed by atoms with E-state index in [0.717, 1.165) is 4.90 Å². The quantitative estimate of drug-likeness (QED) is 0.0647. The van der Waals surface area contributed by atoms with Crippen molar-refractivity contribution >= 4 is 53.2 Å². The Bertz CT molecular complexity index is 1330. The fraction of sp³-hybridized carbons (Fsp3) is 0.676. The van der Waals surface area contributed by atoms with Gasteiger partial charge in [-0.3, -0.25) is 48.1 Å². The van der Waals surface area contributed by atoms with E-state index in [0.29, 0.717) is 38.6 Å². The van der Waals surface area contributed by atoms with Crippen molar-refractivity contribution in [3.63, 3.8) is 0 Å². The molecule has 284 valence electrons. The minimum absolute atomic E-state index is 0.00748. The highest BCUT2D eigenvalue weighted by Gasteiger charge is 2.36. The van der Waals surface area contributed by atoms with Gasteiger partial charge in [-0.2, -0.15) is 0 Å². The number of carbonyl (C=O) groups excluding carboxylic acids is 8. The van der Waals surface area contributed by atoms with E-state index in [9.17, 15) is 43.2 Å². The molecule has 0 saturated carbocycles. The molecule has 8 amide bonds. The number of rotatable bonds is 21. The zero-order valence-corrected chi connectivity index (χ0v) is 30.1. The Hall–Kier alpha value is -4.83. The molecule has 51 heavy (non-hydrogen) atoms. The topological polar surface area (TPSA) is 240 Å². The lowest BCUT2D eigenvalue weighted by Gasteiger charge is -2.27. The number of carboxylic acid groups (broad SMARTS) is 1. The molecule has 3 unspecified atom stereocenters. The maximum atomic E-state index is 13.4. The van der Waals surface area contributed by atoms with E-state index in [2.05, 4.69) is 26.6 Å². The van der Waals surface area contributed by atoms with Crippen molar-refractivity contribution in [1.29, 1.82) is 0 Å². The highest BCUT2D eigenvalue weighted by Crippen LogP contribution is 2.20. The van der Waals surface area contributed by atoms with Gasteiger partial charge in [-0.25, -0.2) is 0 Å². The summed E-state index contributed by atoms with van der Waals surface area (Å²) in [5, 5.41) is 21.2. The lowest BCUT2D eigenvalue weighted by molar-refractivity contribution is -0.140. The fourth-order valence-electron chi connectivity index (χ4n) is 5.76. The van der Waals surface area contributed by atoms with Crippen LogP contribution in [0.15, 0.2) is 12.2 Å². The number of imide groups is 1. The molecule has 2 rings (SSSR count). The van der Waals surface area contributed by atoms with Crippen molar-refractivity contribution in [1.82, 2.24) is 36.4 Å². The lowest BCUT2D eigenvalue weighted by Crippen LogP contribution is -2.56. The Morgan fingerprint density at radius 1 is 0.765 bits per heavy atom. The van der Waals surface area contributed by atoms with Crippen molar-refractivity contribution in [2.24, 2.45) is 11.8 Å². The fourth-order valence-corrected chi connectivity index (χ4v) is 5.76. The van der Waals surface area contributed by atoms with Crippen LogP contribution in [0.25, 0.3) is 0 Å². The molecule has 0 bridgehead atoms. The van der Waals surface area contributed by atoms with Crippen LogP contribution in [-0.4, -0.2) is 118 Å². The van der Waals surface area contributed by atoms with E-state index in [4.69, 9.17) is 5.11 Å². The molecule has 0 radical (unpaired) electrons. The van der Waals surface area contributed by atoms with Crippen molar-refractivity contribution in [3.8, 4) is 0 Å². The van der Waals surface area contributed by atoms with Gasteiger partial charge in [0.25, 0.3) is 11.8 Å². The third-order valence-corrected chi connectivity index (χ3v) is 8.34. The molecule has 0 aromatic carbocycles. The third kappa shape index (κ3) is 14.5. The largest absolute Gasteiger partial charge is 0.480 e. The molecule has 17 heteroatoms. The monoisotopic (exact) mass is 719 g/mol. The van der Waals surface area contributed by atoms with Gasteiger partial charge in [-0.05, 0) is 57.3 Å². The number of carbonyl (C=O) groups is 9. The molecule has 0 aliphatic carbocycles. The average Bonchev–Trinajstić information content (AvgIpc) is 3.67. The van der Waals surface area contributed by atoms with Gasteiger partial charge in [0.2, 0.25) is 35.4 Å². The Labute approximate surface area is 298 Å². The molecule has 2 aliphatic heterocycles. The van der Waals surface area contributed by atoms with Gasteiger partial charge in [0.1, 0.15) is 30.7 Å². The van der Waals surface area contributed by atoms with E-state index >= 15 is 0 Å². The zero-order valence-electron chi connectivity index (χ0n) is 30.1. The first kappa shape index (κ1) is 42.3. The first-order valence-corrected chi connectivity index (χ1v) is 17.5. The Morgan fingerprint density at radius 2 is 1.35 bits per heavy atom. The van der Waals surface area contributed by atoms with Crippen molar-refractivity contribution in [2.45, 2.75) is 110 Å². The molecule has 2 heterocycles. The molecule has 2 aliphatic rings. The van der Waals surface area contributed by atoms with Gasteiger partial charge in [-0.1, -0.05) is 34.1 Å². The summed E-state index contributed by atoms with van der Waals surface area (Å²) in [6.45, 7) is 8.34. The summed E-state index contributed by atoms with van der Waals surface area (Å²) in [7, 11) is 0. The number of aliphatic carboxylic acids is 1. The summed E-state index contributed by atoms with van der Waals surface area (Å²) in [6, 6.07) is -3.86. The Kier molecular flexibility index (Phi) is 17.2. The highest BCUT2D eigenvalue weighted by atomic mass is 16.4. The summed E-state index contributed by atoms with van der Waals surface area (Å²) in [5.41, 5.74) is 0. The van der Waals surface area contributed by atoms with Gasteiger partial charge in [0.05, 0.1) is 6.54 Å². The second-order valence-electron chi connectivity index (χ2n) is 13.7. The van der Waals surface area contributed by atoms with Crippen LogP contribution < -0.4 is 26.6 Å². The number of nitrogens with zero attached hydrogens (tertiary/aromatic N) is 2. The minimum Gasteiger partial charge on any atom is -0.480 e. The van der Waals surface area contributed by atoms with Crippen LogP contribution in [0.5, 0.6) is 0 Å². The average molecular weight is 720 g/mol. The zero-order chi connectivity index (χ0) is 38.2. The molecule has 4 atom stereocenters. The van der Waals surface area contributed by atoms with Gasteiger partial charge in [-0.15, -0.1) is 0 Å². The van der Waals surface area contributed by atoms with E-state index in [1.54, 1.807) is 0 Å². The molecular weight excluding hydrogens is 666 g/mol. The number of likely N-dealkylation sites (tertiary alicyclic amines) is 1. The predicted octanol–water partition coefficient (Wildman–Crippen LogP) is -0.654. The molecule has 6 N–H and O–H groups in total. The number of hydrogen-bond acceptors (Lipinski definition) is 9. The summed E-state index contributed by atoms with van der Waals surface area (Å²) >= 11 is 0.